The van der Waals surface area contributed by atoms with Gasteiger partial charge in [-0.2, -0.15) is 5.26 Å². The molecule has 0 aliphatic heterocycles. The van der Waals surface area contributed by atoms with Crippen molar-refractivity contribution in [3.63, 3.8) is 0 Å². The molecule has 21 heavy (non-hydrogen) atoms. The maximum absolute atomic E-state index is 11.8. The molecule has 1 aromatic rings. The van der Waals surface area contributed by atoms with Gasteiger partial charge in [-0.3, -0.25) is 4.79 Å². The summed E-state index contributed by atoms with van der Waals surface area (Å²) in [7, 11) is 0. The number of nitrogens with zero attached hydrogens (tertiary/aromatic N) is 2. The number of aromatic nitrogens is 1. The van der Waals surface area contributed by atoms with Gasteiger partial charge in [0.2, 0.25) is 0 Å². The zero-order valence-corrected chi connectivity index (χ0v) is 13.8. The summed E-state index contributed by atoms with van der Waals surface area (Å²) in [4.78, 5) is 11.8. The van der Waals surface area contributed by atoms with Gasteiger partial charge in [0.25, 0.3) is 0 Å². The molecule has 1 aromatic heterocycles. The first kappa shape index (κ1) is 15.6. The van der Waals surface area contributed by atoms with Crippen LogP contribution in [-0.2, 0) is 26.9 Å². The zero-order chi connectivity index (χ0) is 16.0. The number of ether oxygens (including phenoxy) is 1. The van der Waals surface area contributed by atoms with Gasteiger partial charge in [0.15, 0.2) is 0 Å². The van der Waals surface area contributed by atoms with E-state index in [2.05, 4.69) is 19.9 Å². The molecule has 1 atom stereocenters. The van der Waals surface area contributed by atoms with Crippen molar-refractivity contribution in [3.8, 4) is 6.07 Å². The first-order valence-electron chi connectivity index (χ1n) is 7.45. The Bertz CT molecular complexity index is 634. The summed E-state index contributed by atoms with van der Waals surface area (Å²) in [5, 5.41) is 9.64. The fourth-order valence-electron chi connectivity index (χ4n) is 4.12. The minimum atomic E-state index is -0.479. The van der Waals surface area contributed by atoms with E-state index in [1.807, 2.05) is 32.3 Å². The van der Waals surface area contributed by atoms with E-state index in [4.69, 9.17) is 4.74 Å². The van der Waals surface area contributed by atoms with Crippen LogP contribution in [0.3, 0.4) is 0 Å². The predicted octanol–water partition coefficient (Wildman–Crippen LogP) is 3.13. The fraction of sp³-hybridized carbons (Fsp3) is 0.647. The summed E-state index contributed by atoms with van der Waals surface area (Å²) in [6.45, 7) is 12.8. The molecule has 4 nitrogen and oxygen atoms in total. The average Bonchev–Trinajstić information content (AvgIpc) is 2.76. The van der Waals surface area contributed by atoms with Crippen LogP contribution in [-0.4, -0.2) is 17.1 Å². The third-order valence-electron chi connectivity index (χ3n) is 4.65. The molecule has 1 heterocycles. The number of carbonyl (C=O) groups is 1. The molecule has 1 aliphatic carbocycles. The highest BCUT2D eigenvalue weighted by atomic mass is 16.5. The third-order valence-corrected chi connectivity index (χ3v) is 4.65. The van der Waals surface area contributed by atoms with Crippen molar-refractivity contribution in [3.05, 3.63) is 22.5 Å². The van der Waals surface area contributed by atoms with Crippen LogP contribution in [0.15, 0.2) is 0 Å². The number of carbonyl (C=O) groups excluding carboxylic acids is 1. The SMILES string of the molecule is CCOC(=O)Cn1c(C)c2c(c1C)C(C)(C#N)CC2(C)C. The number of nitriles is 1. The van der Waals surface area contributed by atoms with Gasteiger partial charge < -0.3 is 9.30 Å². The lowest BCUT2D eigenvalue weighted by Gasteiger charge is -2.24. The van der Waals surface area contributed by atoms with Gasteiger partial charge in [0.1, 0.15) is 6.54 Å². The molecular weight excluding hydrogens is 264 g/mol. The van der Waals surface area contributed by atoms with Crippen LogP contribution in [0.2, 0.25) is 0 Å². The Morgan fingerprint density at radius 1 is 1.29 bits per heavy atom. The first-order valence-corrected chi connectivity index (χ1v) is 7.45. The largest absolute Gasteiger partial charge is 0.465 e. The van der Waals surface area contributed by atoms with Gasteiger partial charge >= 0.3 is 5.97 Å². The van der Waals surface area contributed by atoms with Crippen molar-refractivity contribution in [1.82, 2.24) is 4.57 Å². The van der Waals surface area contributed by atoms with E-state index >= 15 is 0 Å². The molecule has 0 saturated carbocycles. The molecule has 0 radical (unpaired) electrons. The highest BCUT2D eigenvalue weighted by Gasteiger charge is 2.49. The topological polar surface area (TPSA) is 55.0 Å². The van der Waals surface area contributed by atoms with Gasteiger partial charge in [0, 0.05) is 11.4 Å². The molecule has 114 valence electrons. The van der Waals surface area contributed by atoms with Gasteiger partial charge in [-0.25, -0.2) is 0 Å². The van der Waals surface area contributed by atoms with Crippen molar-refractivity contribution in [2.45, 2.75) is 65.3 Å². The molecule has 2 rings (SSSR count). The predicted molar refractivity (Wildman–Crippen MR) is 81.1 cm³/mol. The van der Waals surface area contributed by atoms with Crippen LogP contribution in [0.4, 0.5) is 0 Å². The van der Waals surface area contributed by atoms with Crippen molar-refractivity contribution < 1.29 is 9.53 Å². The molecule has 0 N–H and O–H groups in total. The standard InChI is InChI=1S/C17H24N2O2/c1-7-21-13(20)8-19-11(2)14-15(12(19)3)17(6,10-18)9-16(14,4)5/h7-9H2,1-6H3. The number of rotatable bonds is 3. The monoisotopic (exact) mass is 288 g/mol. The van der Waals surface area contributed by atoms with E-state index in [1.54, 1.807) is 0 Å². The normalized spacial score (nSPS) is 22.7. The Hall–Kier alpha value is -1.76. The molecule has 4 heteroatoms. The lowest BCUT2D eigenvalue weighted by atomic mass is 9.80. The maximum Gasteiger partial charge on any atom is 0.325 e. The molecule has 0 spiro atoms. The summed E-state index contributed by atoms with van der Waals surface area (Å²) in [5.41, 5.74) is 3.91. The summed E-state index contributed by atoms with van der Waals surface area (Å²) in [6.07, 6.45) is 0.823. The molecule has 0 bridgehead atoms. The zero-order valence-electron chi connectivity index (χ0n) is 13.8. The Morgan fingerprint density at radius 2 is 1.86 bits per heavy atom. The number of hydrogen-bond acceptors (Lipinski definition) is 3. The highest BCUT2D eigenvalue weighted by molar-refractivity contribution is 5.70. The van der Waals surface area contributed by atoms with Crippen LogP contribution < -0.4 is 0 Å². The summed E-state index contributed by atoms with van der Waals surface area (Å²) in [5.74, 6) is -0.228. The summed E-state index contributed by atoms with van der Waals surface area (Å²) >= 11 is 0. The summed E-state index contributed by atoms with van der Waals surface area (Å²) in [6, 6.07) is 2.48. The van der Waals surface area contributed by atoms with E-state index in [9.17, 15) is 10.1 Å². The van der Waals surface area contributed by atoms with Gasteiger partial charge in [-0.1, -0.05) is 13.8 Å². The van der Waals surface area contributed by atoms with Crippen LogP contribution in [0, 0.1) is 25.2 Å². The smallest absolute Gasteiger partial charge is 0.325 e. The van der Waals surface area contributed by atoms with Gasteiger partial charge in [0.05, 0.1) is 18.1 Å². The van der Waals surface area contributed by atoms with Gasteiger partial charge in [-0.05, 0) is 50.7 Å². The van der Waals surface area contributed by atoms with Crippen molar-refractivity contribution in [2.75, 3.05) is 6.61 Å². The summed E-state index contributed by atoms with van der Waals surface area (Å²) < 4.78 is 7.06. The molecule has 0 aromatic carbocycles. The third kappa shape index (κ3) is 2.25. The Balaban J connectivity index is 2.58. The lowest BCUT2D eigenvalue weighted by molar-refractivity contribution is -0.143. The Kier molecular flexibility index (Phi) is 3.65. The number of fused-ring (bicyclic) bond motifs is 1. The van der Waals surface area contributed by atoms with E-state index in [0.717, 1.165) is 23.4 Å². The second-order valence-corrected chi connectivity index (χ2v) is 6.82. The Morgan fingerprint density at radius 3 is 2.38 bits per heavy atom. The van der Waals surface area contributed by atoms with Crippen LogP contribution in [0.1, 0.15) is 56.6 Å². The molecular formula is C17H24N2O2. The van der Waals surface area contributed by atoms with Crippen LogP contribution in [0.25, 0.3) is 0 Å². The number of esters is 1. The lowest BCUT2D eigenvalue weighted by Crippen LogP contribution is -2.24. The number of hydrogen-bond donors (Lipinski definition) is 0. The van der Waals surface area contributed by atoms with Crippen molar-refractivity contribution >= 4 is 5.97 Å². The van der Waals surface area contributed by atoms with Crippen molar-refractivity contribution in [1.29, 1.82) is 5.26 Å². The second kappa shape index (κ2) is 4.91. The van der Waals surface area contributed by atoms with E-state index in [-0.39, 0.29) is 17.9 Å². The fourth-order valence-corrected chi connectivity index (χ4v) is 4.12. The quantitative estimate of drug-likeness (QED) is 0.803. The minimum absolute atomic E-state index is 0.0471. The molecule has 1 unspecified atom stereocenters. The maximum atomic E-state index is 11.8. The van der Waals surface area contributed by atoms with Crippen molar-refractivity contribution in [2.24, 2.45) is 0 Å². The molecule has 0 saturated heterocycles. The van der Waals surface area contributed by atoms with Crippen LogP contribution in [0.5, 0.6) is 0 Å². The molecule has 0 amide bonds. The molecule has 0 fully saturated rings. The van der Waals surface area contributed by atoms with E-state index < -0.39 is 5.41 Å². The van der Waals surface area contributed by atoms with Gasteiger partial charge in [-0.15, -0.1) is 0 Å². The Labute approximate surface area is 126 Å². The van der Waals surface area contributed by atoms with Crippen LogP contribution >= 0.6 is 0 Å². The van der Waals surface area contributed by atoms with E-state index in [1.165, 1.54) is 5.56 Å². The highest BCUT2D eigenvalue weighted by Crippen LogP contribution is 2.52. The molecule has 1 aliphatic rings. The second-order valence-electron chi connectivity index (χ2n) is 6.82. The van der Waals surface area contributed by atoms with E-state index in [0.29, 0.717) is 6.61 Å². The first-order chi connectivity index (χ1) is 9.68. The average molecular weight is 288 g/mol. The minimum Gasteiger partial charge on any atom is -0.465 e.